The Kier molecular flexibility index (Phi) is 3.81. The molecule has 1 aromatic rings. The molecule has 5 heteroatoms. The fraction of sp³-hybridized carbons (Fsp3) is 0.214. The van der Waals surface area contributed by atoms with Gasteiger partial charge in [0.05, 0.1) is 12.2 Å². The molecule has 19 heavy (non-hydrogen) atoms. The van der Waals surface area contributed by atoms with Gasteiger partial charge in [-0.2, -0.15) is 0 Å². The van der Waals surface area contributed by atoms with Crippen LogP contribution >= 0.6 is 12.4 Å². The van der Waals surface area contributed by atoms with Crippen molar-refractivity contribution in [2.75, 3.05) is 6.54 Å². The number of allylic oxidation sites excluding steroid dienone is 2. The Morgan fingerprint density at radius 3 is 2.95 bits per heavy atom. The molecular weight excluding hydrogens is 266 g/mol. The molecule has 100 valence electrons. The molecule has 0 bridgehead atoms. The summed E-state index contributed by atoms with van der Waals surface area (Å²) in [4.78, 5) is 11.0. The van der Waals surface area contributed by atoms with Crippen LogP contribution in [0.25, 0.3) is 5.70 Å². The summed E-state index contributed by atoms with van der Waals surface area (Å²) in [6.07, 6.45) is 4.00. The molecule has 2 heterocycles. The van der Waals surface area contributed by atoms with E-state index < -0.39 is 5.97 Å². The average molecular weight is 280 g/mol. The van der Waals surface area contributed by atoms with Crippen LogP contribution in [0.5, 0.6) is 5.75 Å². The lowest BCUT2D eigenvalue weighted by molar-refractivity contribution is -0.141. The second-order valence-corrected chi connectivity index (χ2v) is 4.44. The Hall–Kier alpha value is -1.94. The van der Waals surface area contributed by atoms with E-state index in [1.54, 1.807) is 6.26 Å². The monoisotopic (exact) mass is 279 g/mol. The zero-order valence-corrected chi connectivity index (χ0v) is 10.9. The topological polar surface area (TPSA) is 58.6 Å². The van der Waals surface area contributed by atoms with Crippen molar-refractivity contribution in [3.05, 3.63) is 47.7 Å². The highest BCUT2D eigenvalue weighted by atomic mass is 35.5. The molecular formula is C14H14ClNO3. The smallest absolute Gasteiger partial charge is 0.308 e. The predicted octanol–water partition coefficient (Wildman–Crippen LogP) is 2.42. The maximum absolute atomic E-state index is 11.0. The molecule has 2 aliphatic rings. The summed E-state index contributed by atoms with van der Waals surface area (Å²) >= 11 is 0. The first-order chi connectivity index (χ1) is 8.75. The van der Waals surface area contributed by atoms with E-state index in [4.69, 9.17) is 9.84 Å². The molecule has 3 rings (SSSR count). The van der Waals surface area contributed by atoms with Crippen molar-refractivity contribution >= 4 is 24.1 Å². The summed E-state index contributed by atoms with van der Waals surface area (Å²) in [5, 5.41) is 12.3. The first-order valence-corrected chi connectivity index (χ1v) is 5.88. The second kappa shape index (κ2) is 5.36. The number of nitrogens with one attached hydrogen (secondary N) is 1. The third-order valence-corrected chi connectivity index (χ3v) is 3.28. The highest BCUT2D eigenvalue weighted by molar-refractivity contribution is 5.85. The normalized spacial score (nSPS) is 20.1. The molecule has 0 spiro atoms. The van der Waals surface area contributed by atoms with Gasteiger partial charge in [0.25, 0.3) is 0 Å². The van der Waals surface area contributed by atoms with E-state index in [0.717, 1.165) is 22.6 Å². The number of rotatable bonds is 1. The summed E-state index contributed by atoms with van der Waals surface area (Å²) in [7, 11) is 0. The van der Waals surface area contributed by atoms with Crippen LogP contribution in [0.4, 0.5) is 0 Å². The molecule has 1 unspecified atom stereocenters. The minimum Gasteiger partial charge on any atom is -0.481 e. The van der Waals surface area contributed by atoms with Crippen LogP contribution in [0.2, 0.25) is 0 Å². The maximum atomic E-state index is 11.0. The van der Waals surface area contributed by atoms with Crippen LogP contribution in [0, 0.1) is 5.92 Å². The van der Waals surface area contributed by atoms with Crippen LogP contribution in [0.1, 0.15) is 12.0 Å². The predicted molar refractivity (Wildman–Crippen MR) is 74.1 cm³/mol. The standard InChI is InChI=1S/C14H13NO3.ClH/c16-14(17)10-7-9-5-6-18-12-4-2-1-3-11(12)13(9)15-8-10;/h1-6,10,15H,7-8H2,(H,16,17);1H. The van der Waals surface area contributed by atoms with Gasteiger partial charge in [0.2, 0.25) is 0 Å². The number of ether oxygens (including phenoxy) is 1. The molecule has 0 fully saturated rings. The zero-order chi connectivity index (χ0) is 12.5. The van der Waals surface area contributed by atoms with Crippen LogP contribution < -0.4 is 10.1 Å². The Balaban J connectivity index is 0.00000133. The van der Waals surface area contributed by atoms with E-state index >= 15 is 0 Å². The van der Waals surface area contributed by atoms with Gasteiger partial charge in [0.15, 0.2) is 0 Å². The quantitative estimate of drug-likeness (QED) is 0.829. The number of carboxylic acid groups (broad SMARTS) is 1. The Labute approximate surface area is 117 Å². The van der Waals surface area contributed by atoms with Crippen molar-refractivity contribution < 1.29 is 14.6 Å². The molecule has 4 nitrogen and oxygen atoms in total. The fourth-order valence-electron chi connectivity index (χ4n) is 2.34. The van der Waals surface area contributed by atoms with Crippen molar-refractivity contribution in [2.45, 2.75) is 6.42 Å². The van der Waals surface area contributed by atoms with Crippen LogP contribution in [0.3, 0.4) is 0 Å². The van der Waals surface area contributed by atoms with Crippen molar-refractivity contribution in [1.29, 1.82) is 0 Å². The van der Waals surface area contributed by atoms with E-state index in [0.29, 0.717) is 13.0 Å². The number of aliphatic carboxylic acids is 1. The lowest BCUT2D eigenvalue weighted by Gasteiger charge is -2.25. The van der Waals surface area contributed by atoms with E-state index in [9.17, 15) is 4.79 Å². The number of fused-ring (bicyclic) bond motifs is 2. The first kappa shape index (κ1) is 13.5. The molecule has 2 aliphatic heterocycles. The third kappa shape index (κ3) is 2.44. The van der Waals surface area contributed by atoms with E-state index in [-0.39, 0.29) is 18.3 Å². The highest BCUT2D eigenvalue weighted by Crippen LogP contribution is 2.34. The molecule has 0 amide bonds. The van der Waals surface area contributed by atoms with Gasteiger partial charge in [0.1, 0.15) is 5.75 Å². The molecule has 0 radical (unpaired) electrons. The van der Waals surface area contributed by atoms with Gasteiger partial charge in [-0.25, -0.2) is 0 Å². The maximum Gasteiger partial charge on any atom is 0.308 e. The molecule has 0 aliphatic carbocycles. The number of carbonyl (C=O) groups is 1. The summed E-state index contributed by atoms with van der Waals surface area (Å²) in [6, 6.07) is 7.75. The van der Waals surface area contributed by atoms with Crippen molar-refractivity contribution in [1.82, 2.24) is 5.32 Å². The highest BCUT2D eigenvalue weighted by Gasteiger charge is 2.27. The van der Waals surface area contributed by atoms with E-state index in [2.05, 4.69) is 5.32 Å². The Morgan fingerprint density at radius 1 is 1.37 bits per heavy atom. The molecule has 2 N–H and O–H groups in total. The van der Waals surface area contributed by atoms with Gasteiger partial charge < -0.3 is 15.2 Å². The lowest BCUT2D eigenvalue weighted by atomic mass is 9.91. The van der Waals surface area contributed by atoms with Crippen molar-refractivity contribution in [2.24, 2.45) is 5.92 Å². The third-order valence-electron chi connectivity index (χ3n) is 3.28. The van der Waals surface area contributed by atoms with Crippen LogP contribution in [-0.4, -0.2) is 17.6 Å². The second-order valence-electron chi connectivity index (χ2n) is 4.44. The van der Waals surface area contributed by atoms with Crippen molar-refractivity contribution in [3.8, 4) is 5.75 Å². The summed E-state index contributed by atoms with van der Waals surface area (Å²) in [6.45, 7) is 0.455. The number of hydrogen-bond acceptors (Lipinski definition) is 3. The van der Waals surface area contributed by atoms with Gasteiger partial charge in [-0.1, -0.05) is 12.1 Å². The minimum absolute atomic E-state index is 0. The van der Waals surface area contributed by atoms with Gasteiger partial charge in [-0.15, -0.1) is 12.4 Å². The molecule has 0 aromatic heterocycles. The van der Waals surface area contributed by atoms with Gasteiger partial charge in [-0.3, -0.25) is 4.79 Å². The Morgan fingerprint density at radius 2 is 2.16 bits per heavy atom. The van der Waals surface area contributed by atoms with Crippen LogP contribution in [-0.2, 0) is 4.79 Å². The summed E-state index contributed by atoms with van der Waals surface area (Å²) < 4.78 is 5.53. The van der Waals surface area contributed by atoms with Crippen molar-refractivity contribution in [3.63, 3.8) is 0 Å². The largest absolute Gasteiger partial charge is 0.481 e. The molecule has 0 saturated carbocycles. The average Bonchev–Trinajstić information content (AvgIpc) is 2.57. The zero-order valence-electron chi connectivity index (χ0n) is 10.1. The van der Waals surface area contributed by atoms with Gasteiger partial charge in [0, 0.05) is 17.8 Å². The van der Waals surface area contributed by atoms with Gasteiger partial charge in [-0.05, 0) is 30.2 Å². The number of hydrogen-bond donors (Lipinski definition) is 2. The SMILES string of the molecule is Cl.O=C(O)C1CNC2=C(C=COc3ccccc32)C1. The number of carboxylic acids is 1. The molecule has 1 atom stereocenters. The number of benzene rings is 1. The first-order valence-electron chi connectivity index (χ1n) is 5.88. The van der Waals surface area contributed by atoms with Gasteiger partial charge >= 0.3 is 5.97 Å². The molecule has 1 aromatic carbocycles. The van der Waals surface area contributed by atoms with Crippen LogP contribution in [0.15, 0.2) is 42.2 Å². The number of para-hydroxylation sites is 1. The Bertz CT molecular complexity index is 566. The minimum atomic E-state index is -0.763. The lowest BCUT2D eigenvalue weighted by Crippen LogP contribution is -2.32. The summed E-state index contributed by atoms with van der Waals surface area (Å²) in [5.41, 5.74) is 2.96. The van der Waals surface area contributed by atoms with E-state index in [1.807, 2.05) is 30.3 Å². The summed E-state index contributed by atoms with van der Waals surface area (Å²) in [5.74, 6) is -0.348. The number of halogens is 1. The van der Waals surface area contributed by atoms with E-state index in [1.165, 1.54) is 0 Å². The fourth-order valence-corrected chi connectivity index (χ4v) is 2.34. The molecule has 0 saturated heterocycles.